The third-order valence-electron chi connectivity index (χ3n) is 5.65. The lowest BCUT2D eigenvalue weighted by molar-refractivity contribution is -0.274. The van der Waals surface area contributed by atoms with Gasteiger partial charge in [-0.3, -0.25) is 9.78 Å². The van der Waals surface area contributed by atoms with Gasteiger partial charge in [-0.1, -0.05) is 36.4 Å². The van der Waals surface area contributed by atoms with Crippen LogP contribution in [0.3, 0.4) is 0 Å². The molecule has 2 aromatic heterocycles. The predicted octanol–water partition coefficient (Wildman–Crippen LogP) is 4.98. The smallest absolute Gasteiger partial charge is 0.491 e. The summed E-state index contributed by atoms with van der Waals surface area (Å²) in [5.41, 5.74) is 0.734. The number of carbonyl (C=O) groups excluding carboxylic acids is 1. The van der Waals surface area contributed by atoms with E-state index in [2.05, 4.69) is 20.0 Å². The molecule has 9 heteroatoms. The Bertz CT molecular complexity index is 1360. The highest BCUT2D eigenvalue weighted by molar-refractivity contribution is 5.95. The van der Waals surface area contributed by atoms with Crippen molar-refractivity contribution in [3.05, 3.63) is 95.9 Å². The zero-order valence-corrected chi connectivity index (χ0v) is 17.7. The minimum absolute atomic E-state index is 0.207. The van der Waals surface area contributed by atoms with Gasteiger partial charge in [0.2, 0.25) is 0 Å². The summed E-state index contributed by atoms with van der Waals surface area (Å²) in [5, 5.41) is 3.94. The monoisotopic (exact) mass is 465 g/mol. The van der Waals surface area contributed by atoms with E-state index in [9.17, 15) is 18.0 Å². The topological polar surface area (TPSA) is 73.3 Å². The molecule has 3 heterocycles. The van der Waals surface area contributed by atoms with Crippen LogP contribution in [0.1, 0.15) is 28.2 Å². The second kappa shape index (κ2) is 8.33. The van der Waals surface area contributed by atoms with Gasteiger partial charge in [-0.2, -0.15) is 0 Å². The second-order valence-corrected chi connectivity index (χ2v) is 7.77. The highest BCUT2D eigenvalue weighted by atomic mass is 19.4. The van der Waals surface area contributed by atoms with E-state index in [1.807, 2.05) is 30.3 Å². The van der Waals surface area contributed by atoms with Crippen molar-refractivity contribution < 1.29 is 27.4 Å². The number of aromatic nitrogens is 2. The number of halogens is 3. The summed E-state index contributed by atoms with van der Waals surface area (Å²) in [4.78, 5) is 22.3. The molecule has 0 spiro atoms. The first kappa shape index (κ1) is 21.7. The molecule has 1 aliphatic heterocycles. The van der Waals surface area contributed by atoms with E-state index in [1.54, 1.807) is 24.4 Å². The van der Waals surface area contributed by atoms with Crippen LogP contribution in [-0.4, -0.2) is 28.8 Å². The normalized spacial score (nSPS) is 17.5. The van der Waals surface area contributed by atoms with Crippen molar-refractivity contribution in [2.75, 3.05) is 6.61 Å². The van der Waals surface area contributed by atoms with Crippen LogP contribution >= 0.6 is 0 Å². The number of fused-ring (bicyclic) bond motifs is 2. The van der Waals surface area contributed by atoms with Gasteiger partial charge >= 0.3 is 6.36 Å². The van der Waals surface area contributed by atoms with Crippen molar-refractivity contribution >= 4 is 16.8 Å². The van der Waals surface area contributed by atoms with Crippen molar-refractivity contribution in [3.63, 3.8) is 0 Å². The van der Waals surface area contributed by atoms with Crippen molar-refractivity contribution in [2.45, 2.75) is 18.3 Å². The maximum absolute atomic E-state index is 13.4. The molecule has 0 fully saturated rings. The summed E-state index contributed by atoms with van der Waals surface area (Å²) in [6, 6.07) is 19.7. The molecule has 2 aromatic carbocycles. The molecule has 0 radical (unpaired) electrons. The van der Waals surface area contributed by atoms with Gasteiger partial charge < -0.3 is 14.8 Å². The van der Waals surface area contributed by atoms with Gasteiger partial charge in [0.05, 0.1) is 12.1 Å². The number of nitrogens with one attached hydrogen (secondary N) is 1. The predicted molar refractivity (Wildman–Crippen MR) is 117 cm³/mol. The highest BCUT2D eigenvalue weighted by Crippen LogP contribution is 2.41. The Morgan fingerprint density at radius 1 is 1.00 bits per heavy atom. The number of pyridine rings is 2. The number of rotatable bonds is 4. The molecule has 34 heavy (non-hydrogen) atoms. The molecule has 0 saturated heterocycles. The summed E-state index contributed by atoms with van der Waals surface area (Å²) in [6.07, 6.45) is -2.92. The first-order valence-electron chi connectivity index (χ1n) is 10.5. The van der Waals surface area contributed by atoms with Crippen LogP contribution in [0.25, 0.3) is 10.9 Å². The molecule has 0 saturated carbocycles. The SMILES string of the molecule is O=C(N[C@]1(c2ccc(OC(F)(F)F)cc2)CCOc2cccnc21)c1ccc2ccccc2n1. The Balaban J connectivity index is 1.56. The van der Waals surface area contributed by atoms with Gasteiger partial charge in [0.1, 0.15) is 28.4 Å². The summed E-state index contributed by atoms with van der Waals surface area (Å²) in [6.45, 7) is 0.269. The molecule has 1 atom stereocenters. The number of hydrogen-bond acceptors (Lipinski definition) is 5. The van der Waals surface area contributed by atoms with Crippen LogP contribution in [-0.2, 0) is 5.54 Å². The lowest BCUT2D eigenvalue weighted by atomic mass is 9.81. The maximum Gasteiger partial charge on any atom is 0.573 e. The minimum atomic E-state index is -4.80. The number of carbonyl (C=O) groups is 1. The summed E-state index contributed by atoms with van der Waals surface area (Å²) in [7, 11) is 0. The molecule has 0 unspecified atom stereocenters. The molecular weight excluding hydrogens is 447 g/mol. The fraction of sp³-hybridized carbons (Fsp3) is 0.160. The second-order valence-electron chi connectivity index (χ2n) is 7.77. The number of para-hydroxylation sites is 1. The molecular formula is C25H18F3N3O3. The Morgan fingerprint density at radius 3 is 2.59 bits per heavy atom. The first-order chi connectivity index (χ1) is 16.3. The number of nitrogens with zero attached hydrogens (tertiary/aromatic N) is 2. The van der Waals surface area contributed by atoms with E-state index in [1.165, 1.54) is 24.3 Å². The quantitative estimate of drug-likeness (QED) is 0.460. The molecule has 4 aromatic rings. The minimum Gasteiger partial charge on any atom is -0.491 e. The third-order valence-corrected chi connectivity index (χ3v) is 5.65. The van der Waals surface area contributed by atoms with Crippen molar-refractivity contribution in [1.29, 1.82) is 0 Å². The number of ether oxygens (including phenoxy) is 2. The van der Waals surface area contributed by atoms with Gasteiger partial charge in [0, 0.05) is 18.0 Å². The van der Waals surface area contributed by atoms with E-state index in [-0.39, 0.29) is 18.1 Å². The summed E-state index contributed by atoms with van der Waals surface area (Å²) >= 11 is 0. The van der Waals surface area contributed by atoms with Crippen LogP contribution in [0.4, 0.5) is 13.2 Å². The fourth-order valence-electron chi connectivity index (χ4n) is 4.13. The van der Waals surface area contributed by atoms with E-state index >= 15 is 0 Å². The van der Waals surface area contributed by atoms with E-state index in [0.717, 1.165) is 5.39 Å². The standard InChI is InChI=1S/C25H18F3N3O3/c26-25(27,28)34-18-10-8-17(9-11-18)24(13-15-33-21-6-3-14-29-22(21)24)31-23(32)20-12-7-16-4-1-2-5-19(16)30-20/h1-12,14H,13,15H2,(H,31,32)/t24-/m0/s1. The Morgan fingerprint density at radius 2 is 1.79 bits per heavy atom. The Labute approximate surface area is 192 Å². The number of amides is 1. The lowest BCUT2D eigenvalue weighted by Gasteiger charge is -2.39. The van der Waals surface area contributed by atoms with Crippen molar-refractivity contribution in [3.8, 4) is 11.5 Å². The largest absolute Gasteiger partial charge is 0.573 e. The van der Waals surface area contributed by atoms with Gasteiger partial charge in [0.25, 0.3) is 5.91 Å². The van der Waals surface area contributed by atoms with Gasteiger partial charge in [-0.05, 0) is 42.0 Å². The molecule has 0 aliphatic carbocycles. The third kappa shape index (κ3) is 4.12. The van der Waals surface area contributed by atoms with Crippen LogP contribution < -0.4 is 14.8 Å². The zero-order chi connectivity index (χ0) is 23.8. The Kier molecular flexibility index (Phi) is 5.31. The van der Waals surface area contributed by atoms with Crippen LogP contribution in [0.2, 0.25) is 0 Å². The summed E-state index contributed by atoms with van der Waals surface area (Å²) < 4.78 is 47.6. The molecule has 1 amide bonds. The number of benzene rings is 2. The van der Waals surface area contributed by atoms with Crippen molar-refractivity contribution in [1.82, 2.24) is 15.3 Å². The Hall–Kier alpha value is -4.14. The molecule has 5 rings (SSSR count). The molecule has 0 bridgehead atoms. The fourth-order valence-corrected chi connectivity index (χ4v) is 4.13. The van der Waals surface area contributed by atoms with Gasteiger partial charge in [-0.15, -0.1) is 13.2 Å². The average Bonchev–Trinajstić information content (AvgIpc) is 2.83. The van der Waals surface area contributed by atoms with Gasteiger partial charge in [0.15, 0.2) is 0 Å². The zero-order valence-electron chi connectivity index (χ0n) is 17.7. The molecule has 1 N–H and O–H groups in total. The van der Waals surface area contributed by atoms with E-state index < -0.39 is 17.8 Å². The molecule has 172 valence electrons. The van der Waals surface area contributed by atoms with E-state index in [4.69, 9.17) is 4.74 Å². The highest BCUT2D eigenvalue weighted by Gasteiger charge is 2.43. The van der Waals surface area contributed by atoms with Crippen LogP contribution in [0, 0.1) is 0 Å². The van der Waals surface area contributed by atoms with E-state index in [0.29, 0.717) is 28.9 Å². The maximum atomic E-state index is 13.4. The summed E-state index contributed by atoms with van der Waals surface area (Å²) in [5.74, 6) is -0.321. The van der Waals surface area contributed by atoms with Crippen LogP contribution in [0.15, 0.2) is 79.0 Å². The lowest BCUT2D eigenvalue weighted by Crippen LogP contribution is -2.50. The number of alkyl halides is 3. The first-order valence-corrected chi connectivity index (χ1v) is 10.5. The van der Waals surface area contributed by atoms with Crippen LogP contribution in [0.5, 0.6) is 11.5 Å². The van der Waals surface area contributed by atoms with Gasteiger partial charge in [-0.25, -0.2) is 4.98 Å². The molecule has 1 aliphatic rings. The average molecular weight is 465 g/mol. The van der Waals surface area contributed by atoms with Crippen molar-refractivity contribution in [2.24, 2.45) is 0 Å². The molecule has 6 nitrogen and oxygen atoms in total. The number of hydrogen-bond donors (Lipinski definition) is 1.